The Kier molecular flexibility index (Phi) is 7.97. The molecule has 0 aliphatic carbocycles. The molecule has 0 atom stereocenters. The molecule has 0 radical (unpaired) electrons. The van der Waals surface area contributed by atoms with E-state index >= 15 is 0 Å². The third-order valence-corrected chi connectivity index (χ3v) is 5.04. The predicted octanol–water partition coefficient (Wildman–Crippen LogP) is 6.78. The monoisotopic (exact) mass is 340 g/mol. The molecular weight excluding hydrogens is 308 g/mol. The summed E-state index contributed by atoms with van der Waals surface area (Å²) >= 11 is 0. The molecule has 1 N–H and O–H groups in total. The van der Waals surface area contributed by atoms with Crippen LogP contribution >= 0.6 is 0 Å². The van der Waals surface area contributed by atoms with Crippen molar-refractivity contribution in [1.82, 2.24) is 0 Å². The van der Waals surface area contributed by atoms with Crippen LogP contribution in [0.5, 0.6) is 0 Å². The van der Waals surface area contributed by atoms with Gasteiger partial charge in [-0.3, -0.25) is 0 Å². The molecule has 0 unspecified atom stereocenters. The average molecular weight is 341 g/mol. The zero-order valence-electron chi connectivity index (χ0n) is 15.8. The highest BCUT2D eigenvalue weighted by atomic mass is 16.4. The first-order valence-electron chi connectivity index (χ1n) is 9.95. The molecule has 0 bridgehead atoms. The summed E-state index contributed by atoms with van der Waals surface area (Å²) in [6.07, 6.45) is 11.4. The number of carbonyl (C=O) groups is 1. The number of carboxylic acid groups (broad SMARTS) is 1. The number of carboxylic acids is 1. The van der Waals surface area contributed by atoms with Gasteiger partial charge in [0.1, 0.15) is 0 Å². The Hall–Kier alpha value is -1.83. The maximum Gasteiger partial charge on any atom is 0.336 e. The number of aromatic carboxylic acids is 1. The van der Waals surface area contributed by atoms with Gasteiger partial charge in [0, 0.05) is 0 Å². The first-order valence-corrected chi connectivity index (χ1v) is 9.95. The molecule has 2 aromatic rings. The first kappa shape index (κ1) is 19.5. The number of hydrogen-bond donors (Lipinski definition) is 1. The van der Waals surface area contributed by atoms with Crippen LogP contribution in [0.1, 0.15) is 86.7 Å². The molecule has 0 saturated heterocycles. The van der Waals surface area contributed by atoms with E-state index in [2.05, 4.69) is 19.9 Å². The van der Waals surface area contributed by atoms with E-state index in [9.17, 15) is 9.90 Å². The second-order valence-corrected chi connectivity index (χ2v) is 7.04. The largest absolute Gasteiger partial charge is 0.478 e. The van der Waals surface area contributed by atoms with E-state index in [0.717, 1.165) is 42.0 Å². The molecule has 25 heavy (non-hydrogen) atoms. The SMILES string of the molecule is CCCCCCc1cc2ccccc2c(C(=O)O)c1CCCCCC. The highest BCUT2D eigenvalue weighted by Crippen LogP contribution is 2.29. The van der Waals surface area contributed by atoms with Crippen molar-refractivity contribution in [3.63, 3.8) is 0 Å². The Bertz CT molecular complexity index is 688. The molecule has 0 aromatic heterocycles. The summed E-state index contributed by atoms with van der Waals surface area (Å²) in [6.45, 7) is 4.43. The van der Waals surface area contributed by atoms with Crippen molar-refractivity contribution >= 4 is 16.7 Å². The normalized spacial score (nSPS) is 11.1. The fraction of sp³-hybridized carbons (Fsp3) is 0.522. The minimum Gasteiger partial charge on any atom is -0.478 e. The van der Waals surface area contributed by atoms with Gasteiger partial charge in [-0.05, 0) is 47.6 Å². The zero-order chi connectivity index (χ0) is 18.1. The van der Waals surface area contributed by atoms with Gasteiger partial charge >= 0.3 is 5.97 Å². The highest BCUT2D eigenvalue weighted by Gasteiger charge is 2.18. The van der Waals surface area contributed by atoms with Crippen molar-refractivity contribution in [2.45, 2.75) is 78.1 Å². The topological polar surface area (TPSA) is 37.3 Å². The van der Waals surface area contributed by atoms with E-state index in [1.807, 2.05) is 24.3 Å². The number of hydrogen-bond acceptors (Lipinski definition) is 1. The van der Waals surface area contributed by atoms with E-state index in [4.69, 9.17) is 0 Å². The van der Waals surface area contributed by atoms with Gasteiger partial charge in [0.25, 0.3) is 0 Å². The Balaban J connectivity index is 2.37. The van der Waals surface area contributed by atoms with Crippen molar-refractivity contribution in [2.75, 3.05) is 0 Å². The van der Waals surface area contributed by atoms with Crippen molar-refractivity contribution in [2.24, 2.45) is 0 Å². The smallest absolute Gasteiger partial charge is 0.336 e. The van der Waals surface area contributed by atoms with Gasteiger partial charge in [-0.25, -0.2) is 4.79 Å². The Morgan fingerprint density at radius 2 is 1.52 bits per heavy atom. The molecule has 0 saturated carbocycles. The lowest BCUT2D eigenvalue weighted by Gasteiger charge is -2.16. The van der Waals surface area contributed by atoms with Crippen LogP contribution in [0.25, 0.3) is 10.8 Å². The predicted molar refractivity (Wildman–Crippen MR) is 107 cm³/mol. The Labute approximate surface area is 152 Å². The highest BCUT2D eigenvalue weighted by molar-refractivity contribution is 6.05. The Morgan fingerprint density at radius 1 is 0.880 bits per heavy atom. The number of fused-ring (bicyclic) bond motifs is 1. The van der Waals surface area contributed by atoms with Crippen LogP contribution in [0.15, 0.2) is 30.3 Å². The molecule has 2 rings (SSSR count). The number of rotatable bonds is 11. The minimum absolute atomic E-state index is 0.542. The average Bonchev–Trinajstić information content (AvgIpc) is 2.61. The van der Waals surface area contributed by atoms with E-state index in [0.29, 0.717) is 5.56 Å². The lowest BCUT2D eigenvalue weighted by Crippen LogP contribution is -2.08. The van der Waals surface area contributed by atoms with Gasteiger partial charge in [0.15, 0.2) is 0 Å². The van der Waals surface area contributed by atoms with E-state index in [1.165, 1.54) is 44.1 Å². The lowest BCUT2D eigenvalue weighted by molar-refractivity contribution is 0.0697. The van der Waals surface area contributed by atoms with E-state index in [-0.39, 0.29) is 0 Å². The third-order valence-electron chi connectivity index (χ3n) is 5.04. The van der Waals surface area contributed by atoms with Crippen LogP contribution in [0.2, 0.25) is 0 Å². The zero-order valence-corrected chi connectivity index (χ0v) is 15.8. The number of benzene rings is 2. The Morgan fingerprint density at radius 3 is 2.16 bits per heavy atom. The molecule has 2 aromatic carbocycles. The van der Waals surface area contributed by atoms with Crippen LogP contribution in [0, 0.1) is 0 Å². The van der Waals surface area contributed by atoms with E-state index in [1.54, 1.807) is 0 Å². The standard InChI is InChI=1S/C23H32O2/c1-3-5-7-9-13-18-17-19-14-11-12-16-21(19)22(23(24)25)20(18)15-10-8-6-4-2/h11-12,14,16-17H,3-10,13,15H2,1-2H3,(H,24,25). The lowest BCUT2D eigenvalue weighted by atomic mass is 9.88. The number of aryl methyl sites for hydroxylation is 1. The molecule has 2 heteroatoms. The van der Waals surface area contributed by atoms with Gasteiger partial charge < -0.3 is 5.11 Å². The first-order chi connectivity index (χ1) is 12.2. The molecule has 0 fully saturated rings. The van der Waals surface area contributed by atoms with Gasteiger partial charge in [-0.1, -0.05) is 82.7 Å². The van der Waals surface area contributed by atoms with Gasteiger partial charge in [-0.15, -0.1) is 0 Å². The second kappa shape index (κ2) is 10.2. The molecule has 0 heterocycles. The van der Waals surface area contributed by atoms with Crippen molar-refractivity contribution < 1.29 is 9.90 Å². The molecule has 0 amide bonds. The second-order valence-electron chi connectivity index (χ2n) is 7.04. The van der Waals surface area contributed by atoms with E-state index < -0.39 is 5.97 Å². The summed E-state index contributed by atoms with van der Waals surface area (Å²) < 4.78 is 0. The molecule has 2 nitrogen and oxygen atoms in total. The fourth-order valence-corrected chi connectivity index (χ4v) is 3.67. The molecule has 136 valence electrons. The van der Waals surface area contributed by atoms with Crippen LogP contribution in [0.3, 0.4) is 0 Å². The summed E-state index contributed by atoms with van der Waals surface area (Å²) in [7, 11) is 0. The summed E-state index contributed by atoms with van der Waals surface area (Å²) in [6, 6.07) is 10.2. The van der Waals surface area contributed by atoms with Crippen molar-refractivity contribution in [3.05, 3.63) is 47.0 Å². The summed E-state index contributed by atoms with van der Waals surface area (Å²) in [5.74, 6) is -0.780. The van der Waals surface area contributed by atoms with Gasteiger partial charge in [0.2, 0.25) is 0 Å². The third kappa shape index (κ3) is 5.32. The van der Waals surface area contributed by atoms with Crippen LogP contribution in [-0.4, -0.2) is 11.1 Å². The maximum atomic E-state index is 12.1. The van der Waals surface area contributed by atoms with Gasteiger partial charge in [0.05, 0.1) is 5.56 Å². The summed E-state index contributed by atoms with van der Waals surface area (Å²) in [5.41, 5.74) is 2.88. The quantitative estimate of drug-likeness (QED) is 0.457. The van der Waals surface area contributed by atoms with Crippen molar-refractivity contribution in [1.29, 1.82) is 0 Å². The summed E-state index contributed by atoms with van der Waals surface area (Å²) in [5, 5.41) is 11.8. The number of unbranched alkanes of at least 4 members (excludes halogenated alkanes) is 6. The van der Waals surface area contributed by atoms with Crippen LogP contribution in [0.4, 0.5) is 0 Å². The summed E-state index contributed by atoms with van der Waals surface area (Å²) in [4.78, 5) is 12.1. The molecule has 0 spiro atoms. The van der Waals surface area contributed by atoms with Crippen LogP contribution < -0.4 is 0 Å². The fourth-order valence-electron chi connectivity index (χ4n) is 3.67. The maximum absolute atomic E-state index is 12.1. The molecule has 0 aliphatic rings. The molecular formula is C23H32O2. The van der Waals surface area contributed by atoms with Crippen molar-refractivity contribution in [3.8, 4) is 0 Å². The molecule has 0 aliphatic heterocycles. The van der Waals surface area contributed by atoms with Crippen LogP contribution in [-0.2, 0) is 12.8 Å². The minimum atomic E-state index is -0.780. The van der Waals surface area contributed by atoms with Gasteiger partial charge in [-0.2, -0.15) is 0 Å².